The van der Waals surface area contributed by atoms with Crippen molar-refractivity contribution in [1.29, 1.82) is 0 Å². The zero-order chi connectivity index (χ0) is 17.6. The Morgan fingerprint density at radius 3 is 2.96 bits per heavy atom. The summed E-state index contributed by atoms with van der Waals surface area (Å²) in [7, 11) is -3.49. The summed E-state index contributed by atoms with van der Waals surface area (Å²) in [5.74, 6) is 0.446. The Hall–Kier alpha value is -1.51. The van der Waals surface area contributed by atoms with Gasteiger partial charge in [0.05, 0.1) is 12.3 Å². The van der Waals surface area contributed by atoms with Crippen molar-refractivity contribution in [1.82, 2.24) is 10.6 Å². The number of halogens is 1. The molecule has 0 spiro atoms. The smallest absolute Gasteiger partial charge is 0.210 e. The highest BCUT2D eigenvalue weighted by molar-refractivity contribution is 7.89. The number of anilines is 1. The number of hydrogen-bond acceptors (Lipinski definition) is 4. The molecule has 1 aliphatic rings. The molecule has 134 valence electrons. The van der Waals surface area contributed by atoms with E-state index in [0.29, 0.717) is 12.5 Å². The molecule has 0 saturated carbocycles. The van der Waals surface area contributed by atoms with Crippen molar-refractivity contribution in [2.24, 2.45) is 10.1 Å². The number of nitrogens with one attached hydrogen (secondary N) is 2. The molecule has 1 aromatic carbocycles. The number of nitrogens with two attached hydrogens (primary N) is 1. The average Bonchev–Trinajstić information content (AvgIpc) is 2.94. The van der Waals surface area contributed by atoms with Crippen LogP contribution in [0.15, 0.2) is 29.3 Å². The van der Waals surface area contributed by atoms with E-state index in [9.17, 15) is 8.42 Å². The molecule has 1 unspecified atom stereocenters. The van der Waals surface area contributed by atoms with E-state index in [1.165, 1.54) is 0 Å². The van der Waals surface area contributed by atoms with Gasteiger partial charge < -0.3 is 15.5 Å². The van der Waals surface area contributed by atoms with E-state index in [1.54, 1.807) is 0 Å². The number of benzene rings is 1. The number of primary sulfonamides is 1. The fraction of sp³-hybridized carbons (Fsp3) is 0.533. The summed E-state index contributed by atoms with van der Waals surface area (Å²) < 4.78 is 22.0. The van der Waals surface area contributed by atoms with Crippen molar-refractivity contribution in [3.8, 4) is 0 Å². The monoisotopic (exact) mass is 373 g/mol. The summed E-state index contributed by atoms with van der Waals surface area (Å²) in [5, 5.41) is 12.2. The highest BCUT2D eigenvalue weighted by atomic mass is 35.5. The lowest BCUT2D eigenvalue weighted by atomic mass is 10.3. The van der Waals surface area contributed by atoms with Gasteiger partial charge in [-0.25, -0.2) is 13.6 Å². The van der Waals surface area contributed by atoms with E-state index in [-0.39, 0.29) is 18.3 Å². The molecule has 4 N–H and O–H groups in total. The van der Waals surface area contributed by atoms with Gasteiger partial charge in [0.25, 0.3) is 0 Å². The normalized spacial score (nSPS) is 18.7. The van der Waals surface area contributed by atoms with Gasteiger partial charge in [-0.1, -0.05) is 17.7 Å². The molecule has 1 heterocycles. The van der Waals surface area contributed by atoms with Gasteiger partial charge in [-0.05, 0) is 31.5 Å². The molecule has 1 aliphatic heterocycles. The molecule has 0 aromatic heterocycles. The maximum Gasteiger partial charge on any atom is 0.210 e. The lowest BCUT2D eigenvalue weighted by Gasteiger charge is -2.20. The van der Waals surface area contributed by atoms with Crippen LogP contribution in [0, 0.1) is 0 Å². The molecule has 0 aliphatic carbocycles. The van der Waals surface area contributed by atoms with Crippen LogP contribution >= 0.6 is 11.6 Å². The first-order chi connectivity index (χ1) is 11.4. The molecule has 1 atom stereocenters. The van der Waals surface area contributed by atoms with Gasteiger partial charge in [0.2, 0.25) is 10.0 Å². The fourth-order valence-electron chi connectivity index (χ4n) is 2.58. The zero-order valence-corrected chi connectivity index (χ0v) is 15.3. The Kier molecular flexibility index (Phi) is 6.70. The topological polar surface area (TPSA) is 99.8 Å². The Balaban J connectivity index is 1.92. The van der Waals surface area contributed by atoms with E-state index in [0.717, 1.165) is 30.2 Å². The predicted octanol–water partition coefficient (Wildman–Crippen LogP) is 0.762. The first-order valence-electron chi connectivity index (χ1n) is 7.93. The molecular formula is C15H24ClN5O2S. The van der Waals surface area contributed by atoms with E-state index in [4.69, 9.17) is 16.7 Å². The van der Waals surface area contributed by atoms with Gasteiger partial charge in [0, 0.05) is 36.4 Å². The maximum atomic E-state index is 11.0. The van der Waals surface area contributed by atoms with Crippen LogP contribution in [-0.2, 0) is 10.0 Å². The summed E-state index contributed by atoms with van der Waals surface area (Å²) in [6.07, 6.45) is 0.964. The van der Waals surface area contributed by atoms with Crippen LogP contribution in [0.3, 0.4) is 0 Å². The summed E-state index contributed by atoms with van der Waals surface area (Å²) in [4.78, 5) is 6.53. The number of hydrogen-bond donors (Lipinski definition) is 3. The number of sulfonamides is 1. The van der Waals surface area contributed by atoms with Crippen molar-refractivity contribution in [3.63, 3.8) is 0 Å². The third kappa shape index (κ3) is 6.18. The van der Waals surface area contributed by atoms with E-state index in [2.05, 4.69) is 20.5 Å². The lowest BCUT2D eigenvalue weighted by molar-refractivity contribution is 0.597. The Bertz CT molecular complexity index is 680. The molecule has 2 rings (SSSR count). The largest absolute Gasteiger partial charge is 0.369 e. The number of nitrogens with zero attached hydrogens (tertiary/aromatic N) is 2. The molecule has 1 fully saturated rings. The van der Waals surface area contributed by atoms with Gasteiger partial charge in [-0.15, -0.1) is 0 Å². The zero-order valence-electron chi connectivity index (χ0n) is 13.7. The maximum absolute atomic E-state index is 11.0. The highest BCUT2D eigenvalue weighted by Gasteiger charge is 2.23. The predicted molar refractivity (Wildman–Crippen MR) is 99.2 cm³/mol. The van der Waals surface area contributed by atoms with Crippen molar-refractivity contribution in [3.05, 3.63) is 29.3 Å². The fourth-order valence-corrected chi connectivity index (χ4v) is 3.11. The third-order valence-electron chi connectivity index (χ3n) is 3.69. The second-order valence-electron chi connectivity index (χ2n) is 5.68. The summed E-state index contributed by atoms with van der Waals surface area (Å²) in [5.41, 5.74) is 1.10. The van der Waals surface area contributed by atoms with Gasteiger partial charge in [0.15, 0.2) is 5.96 Å². The van der Waals surface area contributed by atoms with Gasteiger partial charge in [-0.2, -0.15) is 0 Å². The van der Waals surface area contributed by atoms with Crippen LogP contribution < -0.4 is 20.7 Å². The highest BCUT2D eigenvalue weighted by Crippen LogP contribution is 2.23. The van der Waals surface area contributed by atoms with Crippen LogP contribution in [0.25, 0.3) is 0 Å². The second kappa shape index (κ2) is 8.55. The van der Waals surface area contributed by atoms with Crippen LogP contribution in [0.4, 0.5) is 5.69 Å². The molecule has 1 saturated heterocycles. The Morgan fingerprint density at radius 1 is 1.50 bits per heavy atom. The minimum absolute atomic E-state index is 0.138. The van der Waals surface area contributed by atoms with Crippen LogP contribution in [-0.4, -0.2) is 52.4 Å². The summed E-state index contributed by atoms with van der Waals surface area (Å²) >= 11 is 6.05. The van der Waals surface area contributed by atoms with E-state index >= 15 is 0 Å². The summed E-state index contributed by atoms with van der Waals surface area (Å²) in [6, 6.07) is 8.03. The quantitative estimate of drug-likeness (QED) is 0.505. The Labute approximate surface area is 148 Å². The lowest BCUT2D eigenvalue weighted by Crippen LogP contribution is -2.44. The molecule has 0 radical (unpaired) electrons. The molecule has 0 amide bonds. The standard InChI is InChI=1S/C15H24ClN5O2S/c1-2-18-15(19-7-9-24(17,22)23)20-13-6-8-21(11-13)14-5-3-4-12(16)10-14/h3-5,10,13H,2,6-9,11H2,1H3,(H2,17,22,23)(H2,18,19,20). The molecule has 1 aromatic rings. The van der Waals surface area contributed by atoms with E-state index in [1.807, 2.05) is 31.2 Å². The molecular weight excluding hydrogens is 350 g/mol. The van der Waals surface area contributed by atoms with E-state index < -0.39 is 10.0 Å². The van der Waals surface area contributed by atoms with Crippen molar-refractivity contribution in [2.45, 2.75) is 19.4 Å². The molecule has 7 nitrogen and oxygen atoms in total. The average molecular weight is 374 g/mol. The first kappa shape index (κ1) is 18.8. The van der Waals surface area contributed by atoms with Gasteiger partial charge in [0.1, 0.15) is 0 Å². The number of guanidine groups is 1. The van der Waals surface area contributed by atoms with Crippen molar-refractivity contribution >= 4 is 33.3 Å². The SMILES string of the molecule is CCNC(=NCCS(N)(=O)=O)NC1CCN(c2cccc(Cl)c2)C1. The molecule has 0 bridgehead atoms. The van der Waals surface area contributed by atoms with Crippen LogP contribution in [0.5, 0.6) is 0 Å². The van der Waals surface area contributed by atoms with Crippen LogP contribution in [0.2, 0.25) is 5.02 Å². The minimum atomic E-state index is -3.49. The number of aliphatic imine (C=N–C) groups is 1. The van der Waals surface area contributed by atoms with Gasteiger partial charge >= 0.3 is 0 Å². The van der Waals surface area contributed by atoms with Gasteiger partial charge in [-0.3, -0.25) is 4.99 Å². The summed E-state index contributed by atoms with van der Waals surface area (Å²) in [6.45, 7) is 4.56. The minimum Gasteiger partial charge on any atom is -0.369 e. The van der Waals surface area contributed by atoms with Crippen LogP contribution in [0.1, 0.15) is 13.3 Å². The van der Waals surface area contributed by atoms with Crippen molar-refractivity contribution in [2.75, 3.05) is 36.8 Å². The molecule has 24 heavy (non-hydrogen) atoms. The Morgan fingerprint density at radius 2 is 2.29 bits per heavy atom. The molecule has 9 heteroatoms. The first-order valence-corrected chi connectivity index (χ1v) is 10.0. The second-order valence-corrected chi connectivity index (χ2v) is 7.85. The van der Waals surface area contributed by atoms with Crippen molar-refractivity contribution < 1.29 is 8.42 Å². The number of rotatable bonds is 6. The third-order valence-corrected chi connectivity index (χ3v) is 4.68.